The Bertz CT molecular complexity index is 608. The van der Waals surface area contributed by atoms with Gasteiger partial charge in [-0.05, 0) is 47.8 Å². The van der Waals surface area contributed by atoms with Crippen LogP contribution in [0.2, 0.25) is 0 Å². The van der Waals surface area contributed by atoms with Gasteiger partial charge in [-0.1, -0.05) is 53.7 Å². The molecular weight excluding hydrogens is 298 g/mol. The van der Waals surface area contributed by atoms with E-state index in [4.69, 9.17) is 4.74 Å². The molecule has 1 aliphatic heterocycles. The molecule has 24 heavy (non-hydrogen) atoms. The van der Waals surface area contributed by atoms with Crippen molar-refractivity contribution in [2.75, 3.05) is 6.61 Å². The van der Waals surface area contributed by atoms with E-state index in [9.17, 15) is 5.11 Å². The van der Waals surface area contributed by atoms with Crippen LogP contribution in [0.3, 0.4) is 0 Å². The van der Waals surface area contributed by atoms with Crippen LogP contribution in [-0.2, 0) is 22.0 Å². The van der Waals surface area contributed by atoms with E-state index in [1.165, 1.54) is 5.56 Å². The van der Waals surface area contributed by atoms with Gasteiger partial charge in [0, 0.05) is 6.42 Å². The lowest BCUT2D eigenvalue weighted by molar-refractivity contribution is 0.274. The van der Waals surface area contributed by atoms with Gasteiger partial charge in [-0.3, -0.25) is 0 Å². The van der Waals surface area contributed by atoms with Crippen LogP contribution in [-0.4, -0.2) is 23.2 Å². The van der Waals surface area contributed by atoms with Gasteiger partial charge in [0.05, 0.1) is 5.54 Å². The molecule has 0 saturated heterocycles. The van der Waals surface area contributed by atoms with Crippen LogP contribution in [0, 0.1) is 0 Å². The van der Waals surface area contributed by atoms with Crippen molar-refractivity contribution in [3.63, 3.8) is 0 Å². The van der Waals surface area contributed by atoms with Crippen LogP contribution in [0.5, 0.6) is 5.75 Å². The third-order valence-electron chi connectivity index (χ3n) is 4.43. The van der Waals surface area contributed by atoms with E-state index >= 15 is 0 Å². The van der Waals surface area contributed by atoms with Crippen LogP contribution in [0.25, 0.3) is 0 Å². The summed E-state index contributed by atoms with van der Waals surface area (Å²) in [5.41, 5.74) is 2.97. The molecule has 0 fully saturated rings. The maximum Gasteiger partial charge on any atom is 0.184 e. The predicted molar refractivity (Wildman–Crippen MR) is 101 cm³/mol. The minimum Gasteiger partial charge on any atom is -0.507 e. The molecule has 0 amide bonds. The molecule has 0 bridgehead atoms. The van der Waals surface area contributed by atoms with Gasteiger partial charge in [0.15, 0.2) is 5.90 Å². The quantitative estimate of drug-likeness (QED) is 0.834. The normalized spacial score (nSPS) is 17.6. The van der Waals surface area contributed by atoms with Gasteiger partial charge in [-0.2, -0.15) is 0 Å². The molecule has 1 aromatic carbocycles. The second-order valence-electron chi connectivity index (χ2n) is 9.65. The van der Waals surface area contributed by atoms with Crippen LogP contribution >= 0.6 is 0 Å². The summed E-state index contributed by atoms with van der Waals surface area (Å²) < 4.78 is 5.71. The van der Waals surface area contributed by atoms with Crippen molar-refractivity contribution in [1.82, 2.24) is 0 Å². The standard InChI is InChI=1S/C21H33NO2/c1-19(2,3)15-11-14(12-16(18(15)23)20(4,5)6)9-10-17-22-21(7,8)13-24-17/h11-12,23H,9-10,13H2,1-8H3. The van der Waals surface area contributed by atoms with Gasteiger partial charge in [0.25, 0.3) is 0 Å². The van der Waals surface area contributed by atoms with E-state index in [0.29, 0.717) is 12.4 Å². The molecule has 0 aromatic heterocycles. The molecule has 3 nitrogen and oxygen atoms in total. The van der Waals surface area contributed by atoms with E-state index in [-0.39, 0.29) is 16.4 Å². The van der Waals surface area contributed by atoms with Gasteiger partial charge < -0.3 is 9.84 Å². The Morgan fingerprint density at radius 3 is 1.88 bits per heavy atom. The van der Waals surface area contributed by atoms with Crippen LogP contribution < -0.4 is 0 Å². The summed E-state index contributed by atoms with van der Waals surface area (Å²) in [5.74, 6) is 1.29. The molecule has 0 aliphatic carbocycles. The third-order valence-corrected chi connectivity index (χ3v) is 4.43. The molecule has 0 spiro atoms. The number of hydrogen-bond donors (Lipinski definition) is 1. The first-order chi connectivity index (χ1) is 10.8. The lowest BCUT2D eigenvalue weighted by atomic mass is 9.78. The fourth-order valence-electron chi connectivity index (χ4n) is 3.02. The molecule has 1 aromatic rings. The monoisotopic (exact) mass is 331 g/mol. The molecule has 134 valence electrons. The maximum absolute atomic E-state index is 10.8. The fourth-order valence-corrected chi connectivity index (χ4v) is 3.02. The summed E-state index contributed by atoms with van der Waals surface area (Å²) in [7, 11) is 0. The zero-order valence-corrected chi connectivity index (χ0v) is 16.6. The second kappa shape index (κ2) is 6.09. The number of aryl methyl sites for hydroxylation is 1. The van der Waals surface area contributed by atoms with Gasteiger partial charge in [0.2, 0.25) is 0 Å². The Balaban J connectivity index is 2.33. The minimum absolute atomic E-state index is 0.0938. The number of rotatable bonds is 3. The van der Waals surface area contributed by atoms with Gasteiger partial charge in [-0.15, -0.1) is 0 Å². The summed E-state index contributed by atoms with van der Waals surface area (Å²) in [5, 5.41) is 10.8. The van der Waals surface area contributed by atoms with E-state index < -0.39 is 0 Å². The Morgan fingerprint density at radius 1 is 1.00 bits per heavy atom. The molecule has 1 N–H and O–H groups in total. The highest BCUT2D eigenvalue weighted by atomic mass is 16.5. The summed E-state index contributed by atoms with van der Waals surface area (Å²) in [6, 6.07) is 4.29. The van der Waals surface area contributed by atoms with Crippen molar-refractivity contribution in [1.29, 1.82) is 0 Å². The fraction of sp³-hybridized carbons (Fsp3) is 0.667. The number of benzene rings is 1. The maximum atomic E-state index is 10.8. The summed E-state index contributed by atoms with van der Waals surface area (Å²) in [6.07, 6.45) is 1.68. The molecule has 0 unspecified atom stereocenters. The van der Waals surface area contributed by atoms with Crippen LogP contribution in [0.1, 0.15) is 78.5 Å². The lowest BCUT2D eigenvalue weighted by Gasteiger charge is -2.28. The zero-order chi connectivity index (χ0) is 18.3. The number of phenolic OH excluding ortho intramolecular Hbond substituents is 1. The highest BCUT2D eigenvalue weighted by Gasteiger charge is 2.28. The Morgan fingerprint density at radius 2 is 1.50 bits per heavy atom. The third kappa shape index (κ3) is 4.31. The van der Waals surface area contributed by atoms with Crippen molar-refractivity contribution in [2.45, 2.75) is 84.6 Å². The average molecular weight is 332 g/mol. The summed E-state index contributed by atoms with van der Waals surface area (Å²) >= 11 is 0. The lowest BCUT2D eigenvalue weighted by Crippen LogP contribution is -2.18. The minimum atomic E-state index is -0.0998. The van der Waals surface area contributed by atoms with Crippen molar-refractivity contribution in [2.24, 2.45) is 4.99 Å². The second-order valence-corrected chi connectivity index (χ2v) is 9.65. The van der Waals surface area contributed by atoms with Gasteiger partial charge in [-0.25, -0.2) is 4.99 Å². The van der Waals surface area contributed by atoms with Crippen molar-refractivity contribution in [3.8, 4) is 5.75 Å². The number of phenols is 1. The van der Waals surface area contributed by atoms with Crippen molar-refractivity contribution in [3.05, 3.63) is 28.8 Å². The van der Waals surface area contributed by atoms with Crippen LogP contribution in [0.4, 0.5) is 0 Å². The number of nitrogens with zero attached hydrogens (tertiary/aromatic N) is 1. The molecule has 1 aliphatic rings. The topological polar surface area (TPSA) is 41.8 Å². The molecule has 0 atom stereocenters. The Kier molecular flexibility index (Phi) is 4.78. The molecule has 0 saturated carbocycles. The van der Waals surface area contributed by atoms with Crippen molar-refractivity contribution < 1.29 is 9.84 Å². The number of ether oxygens (including phenoxy) is 1. The smallest absolute Gasteiger partial charge is 0.184 e. The van der Waals surface area contributed by atoms with E-state index in [2.05, 4.69) is 72.5 Å². The van der Waals surface area contributed by atoms with Gasteiger partial charge >= 0.3 is 0 Å². The SMILES string of the molecule is CC1(C)COC(CCc2cc(C(C)(C)C)c(O)c(C(C)(C)C)c2)=N1. The summed E-state index contributed by atoms with van der Waals surface area (Å²) in [6.45, 7) is 17.7. The molecule has 1 heterocycles. The van der Waals surface area contributed by atoms with Crippen LogP contribution in [0.15, 0.2) is 17.1 Å². The van der Waals surface area contributed by atoms with Crippen molar-refractivity contribution >= 4 is 5.90 Å². The first-order valence-corrected chi connectivity index (χ1v) is 8.88. The molecule has 0 radical (unpaired) electrons. The first kappa shape index (κ1) is 18.8. The molecular formula is C21H33NO2. The first-order valence-electron chi connectivity index (χ1n) is 8.88. The van der Waals surface area contributed by atoms with Gasteiger partial charge in [0.1, 0.15) is 12.4 Å². The largest absolute Gasteiger partial charge is 0.507 e. The average Bonchev–Trinajstić information content (AvgIpc) is 2.74. The molecule has 3 heteroatoms. The predicted octanol–water partition coefficient (Wildman–Crippen LogP) is 5.13. The molecule has 2 rings (SSSR count). The Hall–Kier alpha value is -1.51. The van der Waals surface area contributed by atoms with E-state index in [1.807, 2.05) is 0 Å². The van der Waals surface area contributed by atoms with E-state index in [0.717, 1.165) is 29.9 Å². The number of aromatic hydroxyl groups is 1. The highest BCUT2D eigenvalue weighted by molar-refractivity contribution is 5.78. The number of hydrogen-bond acceptors (Lipinski definition) is 3. The Labute approximate surface area is 147 Å². The summed E-state index contributed by atoms with van der Waals surface area (Å²) in [4.78, 5) is 4.64. The zero-order valence-electron chi connectivity index (χ0n) is 16.6. The number of aliphatic imine (C=N–C) groups is 1. The van der Waals surface area contributed by atoms with E-state index in [1.54, 1.807) is 0 Å². The highest BCUT2D eigenvalue weighted by Crippen LogP contribution is 2.40.